The number of fused-ring (bicyclic) bond motifs is 1. The van der Waals surface area contributed by atoms with E-state index in [0.29, 0.717) is 23.0 Å². The molecule has 0 radical (unpaired) electrons. The summed E-state index contributed by atoms with van der Waals surface area (Å²) in [5.41, 5.74) is 10.7. The average Bonchev–Trinajstić information content (AvgIpc) is 3.25. The van der Waals surface area contributed by atoms with Crippen LogP contribution in [0.5, 0.6) is 0 Å². The van der Waals surface area contributed by atoms with Gasteiger partial charge >= 0.3 is 0 Å². The van der Waals surface area contributed by atoms with Gasteiger partial charge in [0.25, 0.3) is 0 Å². The predicted octanol–water partition coefficient (Wildman–Crippen LogP) is 3.07. The lowest BCUT2D eigenvalue weighted by atomic mass is 9.94. The topological polar surface area (TPSA) is 155 Å². The summed E-state index contributed by atoms with van der Waals surface area (Å²) in [5, 5.41) is 13.4. The van der Waals surface area contributed by atoms with Gasteiger partial charge in [0.2, 0.25) is 16.0 Å². The summed E-state index contributed by atoms with van der Waals surface area (Å²) in [5.74, 6) is 0.774. The maximum atomic E-state index is 11.5. The predicted molar refractivity (Wildman–Crippen MR) is 130 cm³/mol. The zero-order valence-electron chi connectivity index (χ0n) is 18.0. The Kier molecular flexibility index (Phi) is 5.19. The van der Waals surface area contributed by atoms with Crippen molar-refractivity contribution in [1.82, 2.24) is 24.7 Å². The molecule has 11 heteroatoms. The number of aromatic nitrogens is 5. The summed E-state index contributed by atoms with van der Waals surface area (Å²) < 4.78 is 24.8. The highest BCUT2D eigenvalue weighted by Crippen LogP contribution is 2.37. The Morgan fingerprint density at radius 3 is 2.35 bits per heavy atom. The van der Waals surface area contributed by atoms with Crippen LogP contribution in [0, 0.1) is 0 Å². The Balaban J connectivity index is 1.64. The van der Waals surface area contributed by atoms with Crippen molar-refractivity contribution in [1.29, 1.82) is 0 Å². The number of benzene rings is 2. The molecule has 0 spiro atoms. The van der Waals surface area contributed by atoms with Gasteiger partial charge in [-0.1, -0.05) is 12.1 Å². The highest BCUT2D eigenvalue weighted by molar-refractivity contribution is 7.89. The minimum Gasteiger partial charge on any atom is -0.384 e. The molecule has 3 heterocycles. The molecule has 0 amide bonds. The molecule has 5 rings (SSSR count). The van der Waals surface area contributed by atoms with Gasteiger partial charge in [-0.2, -0.15) is 5.10 Å². The molecule has 0 aliphatic heterocycles. The third-order valence-corrected chi connectivity index (χ3v) is 6.21. The van der Waals surface area contributed by atoms with Crippen molar-refractivity contribution in [2.75, 3.05) is 11.1 Å². The number of nitrogens with one attached hydrogen (secondary N) is 1. The van der Waals surface area contributed by atoms with E-state index in [-0.39, 0.29) is 4.90 Å². The molecule has 5 aromatic rings. The maximum absolute atomic E-state index is 11.5. The first kappa shape index (κ1) is 21.5. The molecule has 0 aliphatic rings. The number of aryl methyl sites for hydroxylation is 1. The van der Waals surface area contributed by atoms with Crippen LogP contribution in [0.2, 0.25) is 0 Å². The van der Waals surface area contributed by atoms with Gasteiger partial charge < -0.3 is 11.1 Å². The summed E-state index contributed by atoms with van der Waals surface area (Å²) in [6.07, 6.45) is 7.17. The molecule has 0 bridgehead atoms. The molecule has 0 fully saturated rings. The van der Waals surface area contributed by atoms with Gasteiger partial charge in [0.05, 0.1) is 16.6 Å². The van der Waals surface area contributed by atoms with E-state index in [4.69, 9.17) is 15.9 Å². The molecule has 0 atom stereocenters. The van der Waals surface area contributed by atoms with E-state index in [2.05, 4.69) is 20.4 Å². The standard InChI is InChI=1S/C23H20N8O2S/c1-31-13-16(12-28-31)19-8-2-15-11-27-23(29-17-4-6-18(7-5-17)34(25,32)33)30-22(15)21(19)14-3-9-20(24)26-10-14/h2-13H,1H3,(H2,24,26)(H2,25,32,33)(H,27,29,30). The lowest BCUT2D eigenvalue weighted by Crippen LogP contribution is -2.11. The first-order chi connectivity index (χ1) is 16.3. The SMILES string of the molecule is Cn1cc(-c2ccc3cnc(Nc4ccc(S(N)(=O)=O)cc4)nc3c2-c2ccc(N)nc2)cn1. The smallest absolute Gasteiger partial charge is 0.238 e. The monoisotopic (exact) mass is 472 g/mol. The van der Waals surface area contributed by atoms with E-state index in [1.165, 1.54) is 12.1 Å². The molecule has 2 aromatic carbocycles. The fourth-order valence-corrected chi connectivity index (χ4v) is 4.18. The van der Waals surface area contributed by atoms with Crippen LogP contribution in [0.15, 0.2) is 78.2 Å². The molecule has 0 aliphatic carbocycles. The number of pyridine rings is 1. The van der Waals surface area contributed by atoms with Crippen molar-refractivity contribution in [2.24, 2.45) is 12.2 Å². The number of hydrogen-bond donors (Lipinski definition) is 3. The third-order valence-electron chi connectivity index (χ3n) is 5.28. The van der Waals surface area contributed by atoms with Crippen LogP contribution in [0.25, 0.3) is 33.2 Å². The van der Waals surface area contributed by atoms with Crippen LogP contribution in [-0.4, -0.2) is 33.2 Å². The van der Waals surface area contributed by atoms with E-state index in [1.807, 2.05) is 31.4 Å². The molecule has 170 valence electrons. The van der Waals surface area contributed by atoms with Crippen molar-refractivity contribution in [2.45, 2.75) is 4.90 Å². The summed E-state index contributed by atoms with van der Waals surface area (Å²) in [6, 6.07) is 13.7. The largest absolute Gasteiger partial charge is 0.384 e. The van der Waals surface area contributed by atoms with Crippen molar-refractivity contribution in [3.8, 4) is 22.3 Å². The lowest BCUT2D eigenvalue weighted by Gasteiger charge is -2.13. The minimum absolute atomic E-state index is 0.0247. The quantitative estimate of drug-likeness (QED) is 0.352. The second-order valence-electron chi connectivity index (χ2n) is 7.69. The van der Waals surface area contributed by atoms with Gasteiger partial charge in [0, 0.05) is 53.4 Å². The van der Waals surface area contributed by atoms with Crippen molar-refractivity contribution < 1.29 is 8.42 Å². The number of hydrogen-bond acceptors (Lipinski definition) is 8. The van der Waals surface area contributed by atoms with Crippen molar-refractivity contribution in [3.63, 3.8) is 0 Å². The normalized spacial score (nSPS) is 11.6. The van der Waals surface area contributed by atoms with Crippen LogP contribution >= 0.6 is 0 Å². The lowest BCUT2D eigenvalue weighted by molar-refractivity contribution is 0.598. The number of anilines is 3. The number of nitrogen functional groups attached to an aromatic ring is 1. The fraction of sp³-hybridized carbons (Fsp3) is 0.0435. The molecule has 0 saturated heterocycles. The molecular formula is C23H20N8O2S. The number of rotatable bonds is 5. The Bertz CT molecular complexity index is 1610. The molecule has 0 saturated carbocycles. The third kappa shape index (κ3) is 4.17. The van der Waals surface area contributed by atoms with E-state index >= 15 is 0 Å². The summed E-state index contributed by atoms with van der Waals surface area (Å²) >= 11 is 0. The number of nitrogens with two attached hydrogens (primary N) is 2. The highest BCUT2D eigenvalue weighted by Gasteiger charge is 2.16. The van der Waals surface area contributed by atoms with Gasteiger partial charge in [-0.3, -0.25) is 4.68 Å². The van der Waals surface area contributed by atoms with Crippen LogP contribution in [0.1, 0.15) is 0 Å². The van der Waals surface area contributed by atoms with Gasteiger partial charge in [-0.05, 0) is 42.0 Å². The van der Waals surface area contributed by atoms with Crippen molar-refractivity contribution >= 4 is 38.4 Å². The van der Waals surface area contributed by atoms with Gasteiger partial charge in [0.15, 0.2) is 0 Å². The van der Waals surface area contributed by atoms with E-state index in [1.54, 1.807) is 41.5 Å². The Morgan fingerprint density at radius 1 is 0.912 bits per heavy atom. The number of sulfonamides is 1. The Morgan fingerprint density at radius 2 is 1.71 bits per heavy atom. The Labute approximate surface area is 195 Å². The van der Waals surface area contributed by atoms with Crippen LogP contribution in [0.3, 0.4) is 0 Å². The first-order valence-electron chi connectivity index (χ1n) is 10.2. The molecule has 0 unspecified atom stereocenters. The Hall–Kier alpha value is -4.35. The summed E-state index contributed by atoms with van der Waals surface area (Å²) in [7, 11) is -1.91. The maximum Gasteiger partial charge on any atom is 0.238 e. The molecule has 3 aromatic heterocycles. The van der Waals surface area contributed by atoms with Crippen LogP contribution < -0.4 is 16.2 Å². The second kappa shape index (κ2) is 8.21. The van der Waals surface area contributed by atoms with E-state index in [9.17, 15) is 8.42 Å². The van der Waals surface area contributed by atoms with Crippen molar-refractivity contribution in [3.05, 3.63) is 73.3 Å². The van der Waals surface area contributed by atoms with Gasteiger partial charge in [0.1, 0.15) is 5.82 Å². The van der Waals surface area contributed by atoms with E-state index in [0.717, 1.165) is 27.6 Å². The van der Waals surface area contributed by atoms with Gasteiger partial charge in [-0.15, -0.1) is 0 Å². The van der Waals surface area contributed by atoms with Gasteiger partial charge in [-0.25, -0.2) is 28.5 Å². The number of primary sulfonamides is 1. The zero-order chi connectivity index (χ0) is 23.9. The molecule has 34 heavy (non-hydrogen) atoms. The van der Waals surface area contributed by atoms with Crippen LogP contribution in [-0.2, 0) is 17.1 Å². The second-order valence-corrected chi connectivity index (χ2v) is 9.25. The van der Waals surface area contributed by atoms with Crippen LogP contribution in [0.4, 0.5) is 17.5 Å². The highest BCUT2D eigenvalue weighted by atomic mass is 32.2. The number of nitrogens with zero attached hydrogens (tertiary/aromatic N) is 5. The summed E-state index contributed by atoms with van der Waals surface area (Å²) in [4.78, 5) is 13.5. The minimum atomic E-state index is -3.77. The fourth-order valence-electron chi connectivity index (χ4n) is 3.66. The molecule has 10 nitrogen and oxygen atoms in total. The average molecular weight is 473 g/mol. The van der Waals surface area contributed by atoms with E-state index < -0.39 is 10.0 Å². The molecule has 5 N–H and O–H groups in total. The first-order valence-corrected chi connectivity index (χ1v) is 11.7. The molecular weight excluding hydrogens is 452 g/mol. The summed E-state index contributed by atoms with van der Waals surface area (Å²) in [6.45, 7) is 0. The zero-order valence-corrected chi connectivity index (χ0v) is 18.9.